The number of nitrogens with two attached hydrogens (primary N) is 16. The molecule has 21 heteroatoms. The van der Waals surface area contributed by atoms with E-state index in [2.05, 4.69) is 0 Å². The van der Waals surface area contributed by atoms with E-state index >= 15 is 0 Å². The van der Waals surface area contributed by atoms with Crippen LogP contribution in [0.4, 0.5) is 0 Å². The zero-order chi connectivity index (χ0) is 7.15. The normalized spacial score (nSPS) is 1.67. The Hall–Kier alpha value is 2.54. The quantitative estimate of drug-likeness (QED) is 0.136. The van der Waals surface area contributed by atoms with Crippen molar-refractivity contribution >= 4 is 0 Å². The van der Waals surface area contributed by atoms with Crippen LogP contribution in [0.2, 0.25) is 0 Å². The number of hydrogen-bond acceptors (Lipinski definition) is 4. The monoisotopic (exact) mass is 1540 g/mol. The second kappa shape index (κ2) is 1160. The predicted molar refractivity (Wildman–Crippen MR) is 215 cm³/mol. The smallest absolute Gasteiger partial charge is 0.693 e. The van der Waals surface area contributed by atoms with Crippen molar-refractivity contribution in [1.82, 2.24) is 0 Å². The molecule has 0 amide bonds. The molecule has 0 bridgehead atoms. The Morgan fingerprint density at radius 1 is 0.209 bits per heavy atom. The Morgan fingerprint density at radius 3 is 0.209 bits per heavy atom. The van der Waals surface area contributed by atoms with Gasteiger partial charge < -0.3 is 230 Å². The summed E-state index contributed by atoms with van der Waals surface area (Å²) in [5.74, 6) is 0. The molecule has 0 radical (unpaired) electrons. The van der Waals surface area contributed by atoms with Gasteiger partial charge in [-0.1, -0.05) is 0 Å². The van der Waals surface area contributed by atoms with Crippen molar-refractivity contribution in [2.24, 2.45) is 22.9 Å². The summed E-state index contributed by atoms with van der Waals surface area (Å²) in [4.78, 5) is 0. The second-order valence-electron chi connectivity index (χ2n) is 1.72. The fourth-order valence-corrected chi connectivity index (χ4v) is 0. The average Bonchev–Trinajstić information content (AvgIpc) is 1.25. The molecule has 0 fully saturated rings. The maximum Gasteiger partial charge on any atom is 6.00 e. The Morgan fingerprint density at radius 2 is 0.209 bits per heavy atom. The van der Waals surface area contributed by atoms with Crippen molar-refractivity contribution in [2.45, 2.75) is 26.2 Å². The van der Waals surface area contributed by atoms with Crippen LogP contribution in [-0.2, 0) is 99.0 Å². The van der Waals surface area contributed by atoms with Crippen LogP contribution in [0, 0.1) is 134 Å². The van der Waals surface area contributed by atoms with Crippen molar-refractivity contribution in [1.29, 1.82) is 0 Å². The minimum atomic E-state index is -0.167. The van der Waals surface area contributed by atoms with E-state index < -0.39 is 0 Å². The summed E-state index contributed by atoms with van der Waals surface area (Å²) in [6.45, 7) is 3.44. The van der Waals surface area contributed by atoms with Gasteiger partial charge in [0.25, 0.3) is 0 Å². The van der Waals surface area contributed by atoms with Gasteiger partial charge in [-0.15, -0.1) is 0 Å². The summed E-state index contributed by atoms with van der Waals surface area (Å²) in [5, 5.41) is 0. The van der Waals surface area contributed by atoms with Gasteiger partial charge in [0, 0.05) is 12.3 Å². The molecule has 0 aliphatic heterocycles. The summed E-state index contributed by atoms with van der Waals surface area (Å²) >= 11 is 0. The maximum absolute atomic E-state index is 4.89. The molecule has 0 spiro atoms. The van der Waals surface area contributed by atoms with Gasteiger partial charge in [0.15, 0.2) is 0 Å². The third-order valence-electron chi connectivity index (χ3n) is 0. The third kappa shape index (κ3) is 12500. The van der Waals surface area contributed by atoms with E-state index in [9.17, 15) is 0 Å². The third-order valence-corrected chi connectivity index (χ3v) is 0. The van der Waals surface area contributed by atoms with E-state index in [1.165, 1.54) is 0 Å². The topological polar surface area (TPSA) is 506 Å². The Kier molecular flexibility index (Phi) is 33300. The van der Waals surface area contributed by atoms with Crippen LogP contribution in [0.5, 0.6) is 0 Å². The molecule has 0 atom stereocenters. The fourth-order valence-electron chi connectivity index (χ4n) is 0. The average molecular weight is 1530 g/mol. The van der Waals surface area contributed by atoms with Crippen LogP contribution in [0.25, 0.3) is 73.8 Å². The van der Waals surface area contributed by atoms with Crippen molar-refractivity contribution in [3.8, 4) is 0 Å². The van der Waals surface area contributed by atoms with E-state index in [4.69, 9.17) is 22.9 Å². The minimum absolute atomic E-state index is 0. The number of rotatable bonds is 0. The van der Waals surface area contributed by atoms with Crippen LogP contribution in [0.1, 0.15) is 13.8 Å². The van der Waals surface area contributed by atoms with Crippen molar-refractivity contribution in [3.05, 3.63) is 207 Å². The van der Waals surface area contributed by atoms with Gasteiger partial charge in [-0.05, 0) is 13.8 Å². The second-order valence-corrected chi connectivity index (χ2v) is 1.72. The first-order valence-corrected chi connectivity index (χ1v) is 2.49. The van der Waals surface area contributed by atoms with Crippen molar-refractivity contribution in [2.75, 3.05) is 0 Å². The maximum atomic E-state index is 4.89. The summed E-state index contributed by atoms with van der Waals surface area (Å²) in [7, 11) is 0. The van der Waals surface area contributed by atoms with E-state index in [0.29, 0.717) is 0 Å². The summed E-state index contributed by atoms with van der Waals surface area (Å²) < 4.78 is 0. The molecule has 0 aromatic carbocycles. The standard InChI is InChI=1S/2C2H8N2.18CH3.12H2N.5Os/c2*1-2(3)4;;;;;;;;;;;;;;;;;;;;;;;;;;;;;;;;;;;/h2*2H,3-4H2,1H3;18*1H3;12*1H2;;;;;/q;;30*-1;5*+6. The van der Waals surface area contributed by atoms with Gasteiger partial charge in [0.2, 0.25) is 0 Å². The molecule has 16 nitrogen and oxygen atoms in total. The zero-order valence-electron chi connectivity index (χ0n) is 32.2. The van der Waals surface area contributed by atoms with Gasteiger partial charge in [0.1, 0.15) is 0 Å². The zero-order valence-corrected chi connectivity index (χ0v) is 44.9. The van der Waals surface area contributed by atoms with Gasteiger partial charge in [-0.2, -0.15) is 0 Å². The van der Waals surface area contributed by atoms with Crippen LogP contribution < -0.4 is 22.9 Å². The molecule has 0 saturated heterocycles. The molecule has 32 N–H and O–H groups in total. The van der Waals surface area contributed by atoms with Gasteiger partial charge >= 0.3 is 99.0 Å². The predicted octanol–water partition coefficient (Wildman–Crippen LogP) is 15.2. The van der Waals surface area contributed by atoms with E-state index in [0.717, 1.165) is 0 Å². The molecular weight excluding hydrogens is 1440 g/mol. The van der Waals surface area contributed by atoms with Crippen LogP contribution >= 0.6 is 0 Å². The van der Waals surface area contributed by atoms with E-state index in [1.807, 2.05) is 0 Å². The molecule has 0 heterocycles. The van der Waals surface area contributed by atoms with Gasteiger partial charge in [-0.25, -0.2) is 0 Å². The fraction of sp³-hybridized carbons (Fsp3) is 0.182. The summed E-state index contributed by atoms with van der Waals surface area (Å²) in [6.07, 6.45) is -0.333. The molecule has 0 aliphatic carbocycles. The minimum Gasteiger partial charge on any atom is -0.693 e. The Labute approximate surface area is 352 Å². The molecule has 0 aliphatic rings. The van der Waals surface area contributed by atoms with Crippen LogP contribution in [-0.4, -0.2) is 12.3 Å². The molecule has 0 rings (SSSR count). The van der Waals surface area contributed by atoms with Crippen LogP contribution in [0.3, 0.4) is 0 Å². The molecule has 302 valence electrons. The number of hydrogen-bond donors (Lipinski definition) is 4. The van der Waals surface area contributed by atoms with Gasteiger partial charge in [0.05, 0.1) is 0 Å². The Bertz CT molecular complexity index is 75.1. The first kappa shape index (κ1) is 1240. The molecule has 0 aromatic heterocycles. The molecular formula is C22H94N16Os5. The summed E-state index contributed by atoms with van der Waals surface area (Å²) in [6, 6.07) is 0. The van der Waals surface area contributed by atoms with Crippen molar-refractivity contribution < 1.29 is 99.0 Å². The molecule has 0 aromatic rings. The van der Waals surface area contributed by atoms with Crippen molar-refractivity contribution in [3.63, 3.8) is 0 Å². The molecule has 0 saturated carbocycles. The Balaban J connectivity index is -0.000000000264. The largest absolute Gasteiger partial charge is 6.00 e. The molecule has 43 heavy (non-hydrogen) atoms. The first-order chi connectivity index (χ1) is 3.46. The van der Waals surface area contributed by atoms with E-state index in [1.54, 1.807) is 13.8 Å². The first-order valence-electron chi connectivity index (χ1n) is 2.49. The van der Waals surface area contributed by atoms with Gasteiger partial charge in [-0.3, -0.25) is 0 Å². The summed E-state index contributed by atoms with van der Waals surface area (Å²) in [5.41, 5.74) is 19.6. The van der Waals surface area contributed by atoms with E-state index in [-0.39, 0.29) is 319 Å². The van der Waals surface area contributed by atoms with Crippen LogP contribution in [0.15, 0.2) is 0 Å². The SMILES string of the molecule is CC(N)N.CC(N)N.[CH3-].[CH3-].[CH3-].[CH3-].[CH3-].[CH3-].[CH3-].[CH3-].[CH3-].[CH3-].[CH3-].[CH3-].[CH3-].[CH3-].[CH3-].[CH3-].[CH3-].[CH3-].[NH2-].[NH2-].[NH2-].[NH2-].[NH2-].[NH2-].[NH2-].[NH2-].[NH2-].[NH2-].[NH2-].[NH2-].[Os+6].[Os+6].[Os+6].[Os+6].[Os+6]. The molecule has 0 unspecified atom stereocenters.